The van der Waals surface area contributed by atoms with Crippen LogP contribution < -0.4 is 0 Å². The number of aromatic hydroxyl groups is 1. The van der Waals surface area contributed by atoms with E-state index in [0.717, 1.165) is 38.3 Å². The molecule has 1 aromatic rings. The molecule has 20 heavy (non-hydrogen) atoms. The van der Waals surface area contributed by atoms with E-state index in [0.29, 0.717) is 6.42 Å². The lowest BCUT2D eigenvalue weighted by Crippen LogP contribution is -2.58. The van der Waals surface area contributed by atoms with Crippen LogP contribution in [-0.4, -0.2) is 53.1 Å². The van der Waals surface area contributed by atoms with Gasteiger partial charge in [0.15, 0.2) is 0 Å². The zero-order chi connectivity index (χ0) is 14.6. The molecule has 1 heterocycles. The summed E-state index contributed by atoms with van der Waals surface area (Å²) < 4.78 is 5.40. The quantitative estimate of drug-likeness (QED) is 0.863. The summed E-state index contributed by atoms with van der Waals surface area (Å²) in [6.07, 6.45) is 0.968. The van der Waals surface area contributed by atoms with Crippen LogP contribution in [0.15, 0.2) is 24.3 Å². The molecular formula is C16H25NO3. The van der Waals surface area contributed by atoms with Crippen LogP contribution in [0.4, 0.5) is 0 Å². The summed E-state index contributed by atoms with van der Waals surface area (Å²) >= 11 is 0. The molecule has 0 radical (unpaired) electrons. The minimum absolute atomic E-state index is 0.249. The molecule has 112 valence electrons. The predicted molar refractivity (Wildman–Crippen MR) is 78.9 cm³/mol. The van der Waals surface area contributed by atoms with Crippen LogP contribution in [-0.2, 0) is 11.2 Å². The fourth-order valence-electron chi connectivity index (χ4n) is 2.87. The zero-order valence-corrected chi connectivity index (χ0v) is 12.4. The molecule has 1 fully saturated rings. The number of morpholine rings is 1. The number of hydrogen-bond donors (Lipinski definition) is 2. The van der Waals surface area contributed by atoms with Crippen molar-refractivity contribution in [3.05, 3.63) is 29.8 Å². The standard InChI is InChI=1S/C16H25NO3/c1-3-16(2,17-7-9-20-10-8-17)15(19)12-13-5-4-6-14(18)11-13/h4-6,11,15,18-19H,3,7-10,12H2,1-2H3. The van der Waals surface area contributed by atoms with Gasteiger partial charge in [0.2, 0.25) is 0 Å². The molecule has 1 aliphatic heterocycles. The number of benzene rings is 1. The van der Waals surface area contributed by atoms with Crippen LogP contribution in [0.5, 0.6) is 5.75 Å². The molecule has 4 nitrogen and oxygen atoms in total. The molecule has 4 heteroatoms. The van der Waals surface area contributed by atoms with Crippen LogP contribution in [0, 0.1) is 0 Å². The molecule has 0 spiro atoms. The third-order valence-electron chi connectivity index (χ3n) is 4.51. The minimum atomic E-state index is -0.465. The molecule has 0 aromatic heterocycles. The monoisotopic (exact) mass is 279 g/mol. The molecule has 1 aliphatic rings. The van der Waals surface area contributed by atoms with E-state index in [1.54, 1.807) is 12.1 Å². The van der Waals surface area contributed by atoms with Gasteiger partial charge in [-0.3, -0.25) is 4.90 Å². The lowest BCUT2D eigenvalue weighted by atomic mass is 9.85. The van der Waals surface area contributed by atoms with Crippen LogP contribution in [0.1, 0.15) is 25.8 Å². The Bertz CT molecular complexity index is 431. The van der Waals surface area contributed by atoms with E-state index in [9.17, 15) is 10.2 Å². The summed E-state index contributed by atoms with van der Waals surface area (Å²) in [7, 11) is 0. The molecule has 2 N–H and O–H groups in total. The maximum Gasteiger partial charge on any atom is 0.115 e. The first-order chi connectivity index (χ1) is 9.56. The lowest BCUT2D eigenvalue weighted by Gasteiger charge is -2.46. The first-order valence-electron chi connectivity index (χ1n) is 7.35. The van der Waals surface area contributed by atoms with Gasteiger partial charge >= 0.3 is 0 Å². The largest absolute Gasteiger partial charge is 0.508 e. The molecule has 0 amide bonds. The van der Waals surface area contributed by atoms with Crippen molar-refractivity contribution in [3.8, 4) is 5.75 Å². The first kappa shape index (κ1) is 15.3. The van der Waals surface area contributed by atoms with Crippen LogP contribution in [0.25, 0.3) is 0 Å². The van der Waals surface area contributed by atoms with Crippen molar-refractivity contribution >= 4 is 0 Å². The molecule has 1 saturated heterocycles. The van der Waals surface area contributed by atoms with Gasteiger partial charge in [-0.15, -0.1) is 0 Å². The lowest BCUT2D eigenvalue weighted by molar-refractivity contribution is -0.0714. The highest BCUT2D eigenvalue weighted by molar-refractivity contribution is 5.28. The Kier molecular flexibility index (Phi) is 5.02. The third kappa shape index (κ3) is 3.32. The Balaban J connectivity index is 2.09. The van der Waals surface area contributed by atoms with Crippen molar-refractivity contribution in [2.45, 2.75) is 38.3 Å². The fourth-order valence-corrected chi connectivity index (χ4v) is 2.87. The first-order valence-corrected chi connectivity index (χ1v) is 7.35. The van der Waals surface area contributed by atoms with Crippen molar-refractivity contribution in [1.29, 1.82) is 0 Å². The van der Waals surface area contributed by atoms with Crippen molar-refractivity contribution < 1.29 is 14.9 Å². The van der Waals surface area contributed by atoms with Gasteiger partial charge in [0, 0.05) is 25.0 Å². The molecule has 0 bridgehead atoms. The second kappa shape index (κ2) is 6.57. The van der Waals surface area contributed by atoms with E-state index < -0.39 is 6.10 Å². The van der Waals surface area contributed by atoms with Crippen LogP contribution in [0.3, 0.4) is 0 Å². The van der Waals surface area contributed by atoms with Gasteiger partial charge in [0.25, 0.3) is 0 Å². The van der Waals surface area contributed by atoms with Gasteiger partial charge in [0.1, 0.15) is 5.75 Å². The van der Waals surface area contributed by atoms with E-state index in [-0.39, 0.29) is 11.3 Å². The number of ether oxygens (including phenoxy) is 1. The molecular weight excluding hydrogens is 254 g/mol. The second-order valence-corrected chi connectivity index (χ2v) is 5.70. The number of phenols is 1. The summed E-state index contributed by atoms with van der Waals surface area (Å²) in [4.78, 5) is 2.32. The van der Waals surface area contributed by atoms with E-state index in [1.165, 1.54) is 0 Å². The van der Waals surface area contributed by atoms with Crippen LogP contribution >= 0.6 is 0 Å². The number of hydrogen-bond acceptors (Lipinski definition) is 4. The smallest absolute Gasteiger partial charge is 0.115 e. The maximum absolute atomic E-state index is 10.7. The molecule has 2 unspecified atom stereocenters. The summed E-state index contributed by atoms with van der Waals surface area (Å²) in [6, 6.07) is 7.13. The van der Waals surface area contributed by atoms with E-state index >= 15 is 0 Å². The van der Waals surface area contributed by atoms with Crippen LogP contribution in [0.2, 0.25) is 0 Å². The summed E-state index contributed by atoms with van der Waals surface area (Å²) in [5, 5.41) is 20.2. The number of aliphatic hydroxyl groups excluding tert-OH is 1. The summed E-state index contributed by atoms with van der Waals surface area (Å²) in [6.45, 7) is 7.42. The van der Waals surface area contributed by atoms with E-state index in [1.807, 2.05) is 12.1 Å². The summed E-state index contributed by atoms with van der Waals surface area (Å²) in [5.74, 6) is 0.249. The highest BCUT2D eigenvalue weighted by Gasteiger charge is 2.37. The van der Waals surface area contributed by atoms with E-state index in [4.69, 9.17) is 4.74 Å². The molecule has 0 saturated carbocycles. The number of phenolic OH excluding ortho intramolecular Hbond substituents is 1. The topological polar surface area (TPSA) is 52.9 Å². The van der Waals surface area contributed by atoms with Crippen molar-refractivity contribution in [1.82, 2.24) is 4.90 Å². The van der Waals surface area contributed by atoms with Gasteiger partial charge < -0.3 is 14.9 Å². The Labute approximate surface area is 121 Å². The van der Waals surface area contributed by atoms with Gasteiger partial charge in [-0.05, 0) is 31.0 Å². The maximum atomic E-state index is 10.7. The molecule has 2 atom stereocenters. The number of rotatable bonds is 5. The highest BCUT2D eigenvalue weighted by atomic mass is 16.5. The number of nitrogens with zero attached hydrogens (tertiary/aromatic N) is 1. The predicted octanol–water partition coefficient (Wildman–Crippen LogP) is 1.80. The Morgan fingerprint density at radius 2 is 2.05 bits per heavy atom. The van der Waals surface area contributed by atoms with Crippen molar-refractivity contribution in [3.63, 3.8) is 0 Å². The second-order valence-electron chi connectivity index (χ2n) is 5.70. The average Bonchev–Trinajstić information content (AvgIpc) is 2.47. The SMILES string of the molecule is CCC(C)(C(O)Cc1cccc(O)c1)N1CCOCC1. The van der Waals surface area contributed by atoms with Gasteiger partial charge in [0.05, 0.1) is 19.3 Å². The normalized spacial score (nSPS) is 21.4. The fraction of sp³-hybridized carbons (Fsp3) is 0.625. The Hall–Kier alpha value is -1.10. The third-order valence-corrected chi connectivity index (χ3v) is 4.51. The number of aliphatic hydroxyl groups is 1. The van der Waals surface area contributed by atoms with Gasteiger partial charge in [-0.1, -0.05) is 19.1 Å². The van der Waals surface area contributed by atoms with E-state index in [2.05, 4.69) is 18.7 Å². The highest BCUT2D eigenvalue weighted by Crippen LogP contribution is 2.27. The van der Waals surface area contributed by atoms with Crippen molar-refractivity contribution in [2.24, 2.45) is 0 Å². The molecule has 2 rings (SSSR count). The van der Waals surface area contributed by atoms with Gasteiger partial charge in [-0.2, -0.15) is 0 Å². The Morgan fingerprint density at radius 3 is 2.65 bits per heavy atom. The van der Waals surface area contributed by atoms with Crippen molar-refractivity contribution in [2.75, 3.05) is 26.3 Å². The average molecular weight is 279 g/mol. The van der Waals surface area contributed by atoms with Gasteiger partial charge in [-0.25, -0.2) is 0 Å². The molecule has 0 aliphatic carbocycles. The zero-order valence-electron chi connectivity index (χ0n) is 12.4. The summed E-state index contributed by atoms with van der Waals surface area (Å²) in [5.41, 5.74) is 0.709. The Morgan fingerprint density at radius 1 is 1.35 bits per heavy atom. The molecule has 1 aromatic carbocycles. The minimum Gasteiger partial charge on any atom is -0.508 e.